The number of anilines is 1. The van der Waals surface area contributed by atoms with Gasteiger partial charge in [-0.3, -0.25) is 9.69 Å². The summed E-state index contributed by atoms with van der Waals surface area (Å²) in [6.07, 6.45) is 1.67. The van der Waals surface area contributed by atoms with E-state index in [1.54, 1.807) is 0 Å². The molecule has 0 radical (unpaired) electrons. The summed E-state index contributed by atoms with van der Waals surface area (Å²) in [7, 11) is 0. The van der Waals surface area contributed by atoms with Crippen LogP contribution < -0.4 is 5.32 Å². The third-order valence-electron chi connectivity index (χ3n) is 4.64. The maximum atomic E-state index is 12.3. The molecule has 1 amide bonds. The SMILES string of the molecule is CC(C)c1cccc(NC(=O)CN2CCC3(CC2)OCCO3)c1. The number of amides is 1. The molecule has 1 N–H and O–H groups in total. The zero-order valence-corrected chi connectivity index (χ0v) is 14.0. The van der Waals surface area contributed by atoms with Crippen molar-refractivity contribution in [3.05, 3.63) is 29.8 Å². The van der Waals surface area contributed by atoms with Crippen LogP contribution in [0.2, 0.25) is 0 Å². The van der Waals surface area contributed by atoms with Gasteiger partial charge in [0, 0.05) is 31.6 Å². The van der Waals surface area contributed by atoms with Gasteiger partial charge in [0.05, 0.1) is 19.8 Å². The topological polar surface area (TPSA) is 50.8 Å². The van der Waals surface area contributed by atoms with Gasteiger partial charge in [-0.25, -0.2) is 0 Å². The molecule has 2 aliphatic heterocycles. The molecule has 0 unspecified atom stereocenters. The minimum Gasteiger partial charge on any atom is -0.347 e. The van der Waals surface area contributed by atoms with Gasteiger partial charge in [0.15, 0.2) is 5.79 Å². The molecule has 1 aromatic rings. The van der Waals surface area contributed by atoms with Crippen LogP contribution in [0.3, 0.4) is 0 Å². The highest BCUT2D eigenvalue weighted by atomic mass is 16.7. The normalized spacial score (nSPS) is 21.0. The largest absolute Gasteiger partial charge is 0.347 e. The van der Waals surface area contributed by atoms with Crippen LogP contribution in [0.15, 0.2) is 24.3 Å². The minimum atomic E-state index is -0.376. The van der Waals surface area contributed by atoms with Crippen molar-refractivity contribution in [2.45, 2.75) is 38.4 Å². The molecule has 1 spiro atoms. The van der Waals surface area contributed by atoms with Gasteiger partial charge < -0.3 is 14.8 Å². The molecule has 5 heteroatoms. The van der Waals surface area contributed by atoms with Gasteiger partial charge in [-0.15, -0.1) is 0 Å². The Kier molecular flexibility index (Phi) is 4.99. The number of ether oxygens (including phenoxy) is 2. The second kappa shape index (κ2) is 6.99. The Labute approximate surface area is 137 Å². The Hall–Kier alpha value is -1.43. The fraction of sp³-hybridized carbons (Fsp3) is 0.611. The van der Waals surface area contributed by atoms with Gasteiger partial charge in [0.1, 0.15) is 0 Å². The number of nitrogens with zero attached hydrogens (tertiary/aromatic N) is 1. The Balaban J connectivity index is 1.49. The smallest absolute Gasteiger partial charge is 0.238 e. The number of hydrogen-bond acceptors (Lipinski definition) is 4. The molecule has 0 aromatic heterocycles. The van der Waals surface area contributed by atoms with Gasteiger partial charge in [0.2, 0.25) is 5.91 Å². The van der Waals surface area contributed by atoms with E-state index in [0.717, 1.165) is 31.6 Å². The number of piperidine rings is 1. The van der Waals surface area contributed by atoms with Gasteiger partial charge in [-0.2, -0.15) is 0 Å². The first-order valence-electron chi connectivity index (χ1n) is 8.46. The zero-order chi connectivity index (χ0) is 16.3. The van der Waals surface area contributed by atoms with Crippen molar-refractivity contribution < 1.29 is 14.3 Å². The van der Waals surface area contributed by atoms with Crippen LogP contribution in [0.4, 0.5) is 5.69 Å². The summed E-state index contributed by atoms with van der Waals surface area (Å²) in [5.41, 5.74) is 2.11. The van der Waals surface area contributed by atoms with Crippen molar-refractivity contribution in [2.75, 3.05) is 38.2 Å². The highest BCUT2D eigenvalue weighted by Crippen LogP contribution is 2.31. The van der Waals surface area contributed by atoms with Crippen molar-refractivity contribution >= 4 is 11.6 Å². The van der Waals surface area contributed by atoms with E-state index in [-0.39, 0.29) is 11.7 Å². The average Bonchev–Trinajstić information content (AvgIpc) is 2.98. The monoisotopic (exact) mass is 318 g/mol. The molecule has 2 heterocycles. The molecule has 3 rings (SSSR count). The van der Waals surface area contributed by atoms with Crippen LogP contribution in [0.1, 0.15) is 38.2 Å². The summed E-state index contributed by atoms with van der Waals surface area (Å²) in [6.45, 7) is 7.76. The van der Waals surface area contributed by atoms with Crippen molar-refractivity contribution in [2.24, 2.45) is 0 Å². The van der Waals surface area contributed by atoms with E-state index in [4.69, 9.17) is 9.47 Å². The van der Waals surface area contributed by atoms with Crippen molar-refractivity contribution in [3.63, 3.8) is 0 Å². The number of benzene rings is 1. The van der Waals surface area contributed by atoms with Crippen LogP contribution in [0.5, 0.6) is 0 Å². The lowest BCUT2D eigenvalue weighted by molar-refractivity contribution is -0.185. The lowest BCUT2D eigenvalue weighted by Crippen LogP contribution is -2.47. The summed E-state index contributed by atoms with van der Waals surface area (Å²) in [5, 5.41) is 3.00. The first kappa shape index (κ1) is 16.4. The molecule has 1 aromatic carbocycles. The number of carbonyl (C=O) groups is 1. The second-order valence-corrected chi connectivity index (χ2v) is 6.71. The highest BCUT2D eigenvalue weighted by molar-refractivity contribution is 5.92. The van der Waals surface area contributed by atoms with E-state index in [1.807, 2.05) is 18.2 Å². The van der Waals surface area contributed by atoms with Gasteiger partial charge in [0.25, 0.3) is 0 Å². The van der Waals surface area contributed by atoms with Crippen LogP contribution in [0, 0.1) is 0 Å². The maximum absolute atomic E-state index is 12.3. The summed E-state index contributed by atoms with van der Waals surface area (Å²) in [5.74, 6) is 0.116. The fourth-order valence-corrected chi connectivity index (χ4v) is 3.22. The van der Waals surface area contributed by atoms with Crippen molar-refractivity contribution in [1.82, 2.24) is 4.90 Å². The van der Waals surface area contributed by atoms with Gasteiger partial charge >= 0.3 is 0 Å². The molecule has 0 bridgehead atoms. The first-order chi connectivity index (χ1) is 11.1. The molecule has 2 saturated heterocycles. The van der Waals surface area contributed by atoms with Gasteiger partial charge in [-0.05, 0) is 23.6 Å². The summed E-state index contributed by atoms with van der Waals surface area (Å²) >= 11 is 0. The van der Waals surface area contributed by atoms with Crippen molar-refractivity contribution in [1.29, 1.82) is 0 Å². The molecule has 5 nitrogen and oxygen atoms in total. The molecule has 0 aliphatic carbocycles. The van der Waals surface area contributed by atoms with Crippen LogP contribution in [-0.2, 0) is 14.3 Å². The third-order valence-corrected chi connectivity index (χ3v) is 4.64. The first-order valence-corrected chi connectivity index (χ1v) is 8.46. The fourth-order valence-electron chi connectivity index (χ4n) is 3.22. The predicted molar refractivity (Wildman–Crippen MR) is 89.5 cm³/mol. The molecule has 23 heavy (non-hydrogen) atoms. The van der Waals surface area contributed by atoms with E-state index < -0.39 is 0 Å². The van der Waals surface area contributed by atoms with E-state index in [1.165, 1.54) is 5.56 Å². The minimum absolute atomic E-state index is 0.0371. The summed E-state index contributed by atoms with van der Waals surface area (Å²) in [4.78, 5) is 14.4. The molecule has 0 saturated carbocycles. The molecule has 126 valence electrons. The molecular weight excluding hydrogens is 292 g/mol. The Morgan fingerprint density at radius 3 is 2.61 bits per heavy atom. The average molecular weight is 318 g/mol. The van der Waals surface area contributed by atoms with E-state index in [2.05, 4.69) is 30.1 Å². The van der Waals surface area contributed by atoms with E-state index >= 15 is 0 Å². The number of likely N-dealkylation sites (tertiary alicyclic amines) is 1. The number of rotatable bonds is 4. The highest BCUT2D eigenvalue weighted by Gasteiger charge is 2.39. The Morgan fingerprint density at radius 2 is 1.96 bits per heavy atom. The number of nitrogens with one attached hydrogen (secondary N) is 1. The van der Waals surface area contributed by atoms with Crippen LogP contribution >= 0.6 is 0 Å². The van der Waals surface area contributed by atoms with Crippen LogP contribution in [0.25, 0.3) is 0 Å². The zero-order valence-electron chi connectivity index (χ0n) is 14.0. The standard InChI is InChI=1S/C18H26N2O3/c1-14(2)15-4-3-5-16(12-15)19-17(21)13-20-8-6-18(7-9-20)22-10-11-23-18/h3-5,12,14H,6-11,13H2,1-2H3,(H,19,21). The second-order valence-electron chi connectivity index (χ2n) is 6.71. The molecule has 2 fully saturated rings. The quantitative estimate of drug-likeness (QED) is 0.927. The lowest BCUT2D eigenvalue weighted by Gasteiger charge is -2.37. The van der Waals surface area contributed by atoms with Gasteiger partial charge in [-0.1, -0.05) is 26.0 Å². The van der Waals surface area contributed by atoms with E-state index in [0.29, 0.717) is 25.7 Å². The predicted octanol–water partition coefficient (Wildman–Crippen LogP) is 2.59. The van der Waals surface area contributed by atoms with Crippen LogP contribution in [-0.4, -0.2) is 49.4 Å². The lowest BCUT2D eigenvalue weighted by atomic mass is 10.0. The third kappa shape index (κ3) is 4.10. The Bertz CT molecular complexity index is 543. The maximum Gasteiger partial charge on any atom is 0.238 e. The Morgan fingerprint density at radius 1 is 1.26 bits per heavy atom. The molecular formula is C18H26N2O3. The molecule has 0 atom stereocenters. The summed E-state index contributed by atoms with van der Waals surface area (Å²) < 4.78 is 11.4. The summed E-state index contributed by atoms with van der Waals surface area (Å²) in [6, 6.07) is 8.07. The number of carbonyl (C=O) groups excluding carboxylic acids is 1. The van der Waals surface area contributed by atoms with E-state index in [9.17, 15) is 4.79 Å². The molecule has 2 aliphatic rings. The number of hydrogen-bond donors (Lipinski definition) is 1. The van der Waals surface area contributed by atoms with Crippen molar-refractivity contribution in [3.8, 4) is 0 Å².